The Morgan fingerprint density at radius 2 is 1.79 bits per heavy atom. The molecule has 1 aromatic rings. The van der Waals surface area contributed by atoms with Crippen LogP contribution in [0.3, 0.4) is 0 Å². The summed E-state index contributed by atoms with van der Waals surface area (Å²) in [4.78, 5) is 41.9. The van der Waals surface area contributed by atoms with Crippen LogP contribution in [0.15, 0.2) is 41.7 Å². The van der Waals surface area contributed by atoms with E-state index in [1.165, 1.54) is 4.90 Å². The molecule has 1 saturated heterocycles. The third kappa shape index (κ3) is 3.32. The number of rotatable bonds is 3. The molecule has 33 heavy (non-hydrogen) atoms. The highest BCUT2D eigenvalue weighted by Crippen LogP contribution is 2.54. The predicted molar refractivity (Wildman–Crippen MR) is 123 cm³/mol. The zero-order valence-corrected chi connectivity index (χ0v) is 19.9. The van der Waals surface area contributed by atoms with Crippen molar-refractivity contribution in [1.82, 2.24) is 0 Å². The van der Waals surface area contributed by atoms with Gasteiger partial charge < -0.3 is 9.47 Å². The van der Waals surface area contributed by atoms with E-state index in [0.29, 0.717) is 36.1 Å². The smallest absolute Gasteiger partial charge is 0.341 e. The Labute approximate surface area is 195 Å². The van der Waals surface area contributed by atoms with Crippen molar-refractivity contribution in [3.05, 3.63) is 41.7 Å². The second-order valence-corrected chi connectivity index (χ2v) is 10.6. The summed E-state index contributed by atoms with van der Waals surface area (Å²) in [5, 5.41) is 0. The van der Waals surface area contributed by atoms with E-state index in [-0.39, 0.29) is 29.2 Å². The fourth-order valence-electron chi connectivity index (χ4n) is 6.63. The number of hydrogen-bond acceptors (Lipinski definition) is 5. The molecule has 0 radical (unpaired) electrons. The van der Waals surface area contributed by atoms with Gasteiger partial charge in [-0.25, -0.2) is 9.69 Å². The molecule has 1 spiro atoms. The zero-order valence-electron chi connectivity index (χ0n) is 19.9. The number of hydrogen-bond donors (Lipinski definition) is 0. The molecule has 176 valence electrons. The van der Waals surface area contributed by atoms with Crippen LogP contribution in [0.25, 0.3) is 0 Å². The Morgan fingerprint density at radius 1 is 1.06 bits per heavy atom. The van der Waals surface area contributed by atoms with Gasteiger partial charge in [0, 0.05) is 18.8 Å². The number of carbonyl (C=O) groups excluding carboxylic acids is 3. The van der Waals surface area contributed by atoms with E-state index in [2.05, 4.69) is 20.8 Å². The van der Waals surface area contributed by atoms with Crippen LogP contribution in [-0.2, 0) is 23.9 Å². The standard InChI is InChI=1S/C27H33NO5/c1-5-17-13-20-22(23-21(17)24(29)28(25(23)30)18-9-7-6-8-10-18)26(31)33-27(32-20)14-16(4)11-12-19(27)15(2)3/h6-10,15-17,19,21,23H,5,11-14H2,1-4H3/t16-,17-,19+,21-,23-,27+/m1/s1. The van der Waals surface area contributed by atoms with Crippen molar-refractivity contribution >= 4 is 23.5 Å². The first kappa shape index (κ1) is 22.2. The van der Waals surface area contributed by atoms with Crippen LogP contribution in [0.2, 0.25) is 0 Å². The SMILES string of the molecule is CC[C@@H]1CC2=C(C(=O)O[C@]3(C[C@H](C)CC[C@H]3C(C)C)O2)[C@@H]2C(=O)N(c3ccccc3)C(=O)[C@H]12. The fraction of sp³-hybridized carbons (Fsp3) is 0.593. The monoisotopic (exact) mass is 451 g/mol. The molecule has 6 heteroatoms. The van der Waals surface area contributed by atoms with Gasteiger partial charge in [0.05, 0.1) is 23.1 Å². The number of anilines is 1. The van der Waals surface area contributed by atoms with Gasteiger partial charge in [-0.1, -0.05) is 52.3 Å². The van der Waals surface area contributed by atoms with Crippen LogP contribution in [-0.4, -0.2) is 23.6 Å². The Bertz CT molecular complexity index is 1010. The maximum atomic E-state index is 13.6. The van der Waals surface area contributed by atoms with Gasteiger partial charge in [0.15, 0.2) is 0 Å². The molecule has 2 aliphatic heterocycles. The summed E-state index contributed by atoms with van der Waals surface area (Å²) in [6.07, 6.45) is 3.90. The lowest BCUT2D eigenvalue weighted by atomic mass is 9.69. The molecule has 0 unspecified atom stereocenters. The fourth-order valence-corrected chi connectivity index (χ4v) is 6.63. The molecular formula is C27H33NO5. The summed E-state index contributed by atoms with van der Waals surface area (Å²) in [5.41, 5.74) is 0.814. The van der Waals surface area contributed by atoms with Gasteiger partial charge in [-0.05, 0) is 42.7 Å². The molecule has 2 fully saturated rings. The lowest BCUT2D eigenvalue weighted by molar-refractivity contribution is -0.274. The van der Waals surface area contributed by atoms with Gasteiger partial charge in [0.25, 0.3) is 5.79 Å². The molecule has 2 amide bonds. The second kappa shape index (κ2) is 8.00. The highest BCUT2D eigenvalue weighted by Gasteiger charge is 2.62. The van der Waals surface area contributed by atoms with E-state index in [4.69, 9.17) is 9.47 Å². The molecule has 1 aromatic carbocycles. The topological polar surface area (TPSA) is 72.9 Å². The summed E-state index contributed by atoms with van der Waals surface area (Å²) in [6, 6.07) is 8.96. The number of fused-ring (bicyclic) bond motifs is 2. The molecule has 0 bridgehead atoms. The normalized spacial score (nSPS) is 36.1. The van der Waals surface area contributed by atoms with Crippen molar-refractivity contribution in [3.63, 3.8) is 0 Å². The second-order valence-electron chi connectivity index (χ2n) is 10.6. The number of carbonyl (C=O) groups is 3. The maximum absolute atomic E-state index is 13.6. The molecule has 2 heterocycles. The third-order valence-corrected chi connectivity index (χ3v) is 8.21. The largest absolute Gasteiger partial charge is 0.456 e. The van der Waals surface area contributed by atoms with Crippen LogP contribution in [0.4, 0.5) is 5.69 Å². The number of para-hydroxylation sites is 1. The van der Waals surface area contributed by atoms with E-state index in [1.807, 2.05) is 13.0 Å². The van der Waals surface area contributed by atoms with Crippen LogP contribution >= 0.6 is 0 Å². The number of benzene rings is 1. The number of esters is 1. The van der Waals surface area contributed by atoms with Crippen LogP contribution in [0.1, 0.15) is 59.8 Å². The molecule has 5 rings (SSSR count). The molecule has 2 aliphatic carbocycles. The molecule has 0 aromatic heterocycles. The Hall–Kier alpha value is -2.63. The number of imide groups is 1. The van der Waals surface area contributed by atoms with Crippen molar-refractivity contribution in [2.45, 2.75) is 65.6 Å². The molecule has 6 atom stereocenters. The number of allylic oxidation sites excluding steroid dienone is 1. The maximum Gasteiger partial charge on any atom is 0.341 e. The number of nitrogens with zero attached hydrogens (tertiary/aromatic N) is 1. The minimum Gasteiger partial charge on any atom is -0.456 e. The summed E-state index contributed by atoms with van der Waals surface area (Å²) in [6.45, 7) is 8.49. The van der Waals surface area contributed by atoms with Crippen molar-refractivity contribution in [3.8, 4) is 0 Å². The number of ether oxygens (including phenoxy) is 2. The van der Waals surface area contributed by atoms with E-state index >= 15 is 0 Å². The van der Waals surface area contributed by atoms with Crippen molar-refractivity contribution in [2.24, 2.45) is 35.5 Å². The molecular weight excluding hydrogens is 418 g/mol. The van der Waals surface area contributed by atoms with Crippen molar-refractivity contribution < 1.29 is 23.9 Å². The third-order valence-electron chi connectivity index (χ3n) is 8.21. The van der Waals surface area contributed by atoms with Crippen LogP contribution in [0.5, 0.6) is 0 Å². The average Bonchev–Trinajstić information content (AvgIpc) is 3.03. The van der Waals surface area contributed by atoms with Gasteiger partial charge in [-0.15, -0.1) is 0 Å². The first-order valence-corrected chi connectivity index (χ1v) is 12.4. The first-order valence-electron chi connectivity index (χ1n) is 12.4. The van der Waals surface area contributed by atoms with Crippen LogP contribution < -0.4 is 4.90 Å². The van der Waals surface area contributed by atoms with Crippen molar-refractivity contribution in [1.29, 1.82) is 0 Å². The molecule has 1 saturated carbocycles. The summed E-state index contributed by atoms with van der Waals surface area (Å²) >= 11 is 0. The quantitative estimate of drug-likeness (QED) is 0.486. The highest BCUT2D eigenvalue weighted by atomic mass is 16.7. The van der Waals surface area contributed by atoms with E-state index in [9.17, 15) is 14.4 Å². The Kier molecular flexibility index (Phi) is 5.37. The Morgan fingerprint density at radius 3 is 2.45 bits per heavy atom. The molecule has 4 aliphatic rings. The highest BCUT2D eigenvalue weighted by molar-refractivity contribution is 6.25. The summed E-state index contributed by atoms with van der Waals surface area (Å²) < 4.78 is 12.8. The summed E-state index contributed by atoms with van der Waals surface area (Å²) in [7, 11) is 0. The van der Waals surface area contributed by atoms with Gasteiger partial charge in [0.1, 0.15) is 5.76 Å². The minimum atomic E-state index is -0.975. The Balaban J connectivity index is 1.57. The van der Waals surface area contributed by atoms with Gasteiger partial charge in [-0.3, -0.25) is 9.59 Å². The van der Waals surface area contributed by atoms with Crippen LogP contribution in [0, 0.1) is 35.5 Å². The van der Waals surface area contributed by atoms with Crippen molar-refractivity contribution in [2.75, 3.05) is 4.90 Å². The summed E-state index contributed by atoms with van der Waals surface area (Å²) in [5.74, 6) is -2.11. The van der Waals surface area contributed by atoms with Gasteiger partial charge in [0.2, 0.25) is 11.8 Å². The molecule has 0 N–H and O–H groups in total. The van der Waals surface area contributed by atoms with E-state index in [0.717, 1.165) is 19.3 Å². The minimum absolute atomic E-state index is 0.0552. The van der Waals surface area contributed by atoms with Gasteiger partial charge >= 0.3 is 5.97 Å². The lowest BCUT2D eigenvalue weighted by Gasteiger charge is -2.50. The zero-order chi connectivity index (χ0) is 23.5. The first-order chi connectivity index (χ1) is 15.8. The molecule has 6 nitrogen and oxygen atoms in total. The van der Waals surface area contributed by atoms with Gasteiger partial charge in [-0.2, -0.15) is 0 Å². The predicted octanol–water partition coefficient (Wildman–Crippen LogP) is 4.84. The van der Waals surface area contributed by atoms with E-state index in [1.54, 1.807) is 24.3 Å². The lowest BCUT2D eigenvalue weighted by Crippen LogP contribution is -2.55. The number of amides is 2. The average molecular weight is 452 g/mol. The van der Waals surface area contributed by atoms with E-state index < -0.39 is 23.6 Å².